The Kier molecular flexibility index (Phi) is 5.53. The molecule has 1 aromatic carbocycles. The first-order valence-electron chi connectivity index (χ1n) is 7.07. The van der Waals surface area contributed by atoms with Crippen molar-refractivity contribution in [2.45, 2.75) is 19.1 Å². The Morgan fingerprint density at radius 3 is 2.62 bits per heavy atom. The van der Waals surface area contributed by atoms with Crippen molar-refractivity contribution >= 4 is 33.3 Å². The number of hydrogen-bond acceptors (Lipinski definition) is 5. The van der Waals surface area contributed by atoms with Gasteiger partial charge in [-0.3, -0.25) is 4.79 Å². The highest BCUT2D eigenvalue weighted by Gasteiger charge is 2.36. The fourth-order valence-corrected chi connectivity index (χ4v) is 3.50. The largest absolute Gasteiger partial charge is 0.479 e. The summed E-state index contributed by atoms with van der Waals surface area (Å²) < 4.78 is 24.7. The molecule has 6 nitrogen and oxygen atoms in total. The van der Waals surface area contributed by atoms with Crippen LogP contribution >= 0.6 is 11.3 Å². The number of carbonyl (C=O) groups is 2. The minimum absolute atomic E-state index is 0.0394. The van der Waals surface area contributed by atoms with Crippen molar-refractivity contribution in [3.63, 3.8) is 0 Å². The molecule has 2 N–H and O–H groups in total. The number of thiophene rings is 1. The summed E-state index contributed by atoms with van der Waals surface area (Å²) in [5.41, 5.74) is -1.19. The normalized spacial score (nSPS) is 13.7. The van der Waals surface area contributed by atoms with Crippen LogP contribution in [0.1, 0.15) is 22.2 Å². The fraction of sp³-hybridized carbons (Fsp3) is 0.375. The number of hydrogen-bond donors (Lipinski definition) is 2. The van der Waals surface area contributed by atoms with E-state index < -0.39 is 23.2 Å². The van der Waals surface area contributed by atoms with Gasteiger partial charge >= 0.3 is 5.97 Å². The first kappa shape index (κ1) is 18.3. The Labute approximate surface area is 142 Å². The molecule has 0 aliphatic rings. The SMILES string of the molecule is COCc1c(C(=O)NC(C)(COC)C(=O)O)sc2cccc(F)c12. The number of nitrogens with one attached hydrogen (secondary N) is 1. The number of carboxylic acid groups (broad SMARTS) is 1. The molecule has 1 aromatic heterocycles. The average molecular weight is 355 g/mol. The molecule has 0 aliphatic heterocycles. The summed E-state index contributed by atoms with van der Waals surface area (Å²) in [7, 11) is 2.79. The molecule has 24 heavy (non-hydrogen) atoms. The Hall–Kier alpha value is -2.03. The Morgan fingerprint density at radius 2 is 2.04 bits per heavy atom. The lowest BCUT2D eigenvalue weighted by Gasteiger charge is -2.25. The molecule has 0 fully saturated rings. The van der Waals surface area contributed by atoms with Gasteiger partial charge in [-0.25, -0.2) is 9.18 Å². The molecule has 0 aliphatic carbocycles. The Balaban J connectivity index is 2.47. The molecule has 0 bridgehead atoms. The quantitative estimate of drug-likeness (QED) is 0.797. The number of aliphatic carboxylic acids is 1. The van der Waals surface area contributed by atoms with Crippen molar-refractivity contribution < 1.29 is 28.6 Å². The zero-order chi connectivity index (χ0) is 17.9. The molecule has 1 amide bonds. The summed E-state index contributed by atoms with van der Waals surface area (Å²) in [6, 6.07) is 4.56. The van der Waals surface area contributed by atoms with Crippen molar-refractivity contribution in [1.82, 2.24) is 5.32 Å². The van der Waals surface area contributed by atoms with Crippen molar-refractivity contribution in [1.29, 1.82) is 0 Å². The van der Waals surface area contributed by atoms with Crippen LogP contribution < -0.4 is 5.32 Å². The summed E-state index contributed by atoms with van der Waals surface area (Å²) in [5.74, 6) is -2.28. The van der Waals surface area contributed by atoms with Gasteiger partial charge in [0.05, 0.1) is 18.1 Å². The van der Waals surface area contributed by atoms with Crippen molar-refractivity contribution in [3.05, 3.63) is 34.5 Å². The second-order valence-electron chi connectivity index (χ2n) is 5.48. The third-order valence-corrected chi connectivity index (χ3v) is 4.75. The second-order valence-corrected chi connectivity index (χ2v) is 6.53. The molecule has 8 heteroatoms. The summed E-state index contributed by atoms with van der Waals surface area (Å²) in [5, 5.41) is 12.1. The molecule has 0 spiro atoms. The van der Waals surface area contributed by atoms with E-state index in [0.717, 1.165) is 11.3 Å². The summed E-state index contributed by atoms with van der Waals surface area (Å²) in [6.45, 7) is 1.19. The van der Waals surface area contributed by atoms with Gasteiger partial charge in [-0.2, -0.15) is 0 Å². The van der Waals surface area contributed by atoms with Crippen LogP contribution in [0.15, 0.2) is 18.2 Å². The topological polar surface area (TPSA) is 84.9 Å². The van der Waals surface area contributed by atoms with Crippen LogP contribution in [-0.2, 0) is 20.9 Å². The molecule has 0 saturated carbocycles. The van der Waals surface area contributed by atoms with Gasteiger partial charge in [-0.1, -0.05) is 6.07 Å². The molecular formula is C16H18FNO5S. The predicted octanol–water partition coefficient (Wildman–Crippen LogP) is 2.41. The van der Waals surface area contributed by atoms with E-state index in [1.165, 1.54) is 27.2 Å². The van der Waals surface area contributed by atoms with Crippen LogP contribution in [0, 0.1) is 5.82 Å². The van der Waals surface area contributed by atoms with Gasteiger partial charge in [0.2, 0.25) is 0 Å². The molecule has 1 unspecified atom stereocenters. The molecule has 2 aromatic rings. The molecule has 0 radical (unpaired) electrons. The van der Waals surface area contributed by atoms with Gasteiger partial charge in [0.15, 0.2) is 5.54 Å². The van der Waals surface area contributed by atoms with Gasteiger partial charge < -0.3 is 19.9 Å². The number of benzene rings is 1. The van der Waals surface area contributed by atoms with Crippen molar-refractivity contribution in [3.8, 4) is 0 Å². The number of amides is 1. The standard InChI is InChI=1S/C16H18FNO5S/c1-16(8-23-3,15(20)21)18-14(19)13-9(7-22-2)12-10(17)5-4-6-11(12)24-13/h4-6H,7-8H2,1-3H3,(H,18,19)(H,20,21). The first-order valence-corrected chi connectivity index (χ1v) is 7.89. The highest BCUT2D eigenvalue weighted by atomic mass is 32.1. The predicted molar refractivity (Wildman–Crippen MR) is 87.9 cm³/mol. The Morgan fingerprint density at radius 1 is 1.33 bits per heavy atom. The van der Waals surface area contributed by atoms with Gasteiger partial charge in [0.25, 0.3) is 5.91 Å². The summed E-state index contributed by atoms with van der Waals surface area (Å²) >= 11 is 1.09. The van der Waals surface area contributed by atoms with Crippen LogP contribution in [0.4, 0.5) is 4.39 Å². The summed E-state index contributed by atoms with van der Waals surface area (Å²) in [6.07, 6.45) is 0. The van der Waals surface area contributed by atoms with E-state index in [2.05, 4.69) is 5.32 Å². The zero-order valence-electron chi connectivity index (χ0n) is 13.5. The minimum atomic E-state index is -1.59. The van der Waals surface area contributed by atoms with E-state index in [0.29, 0.717) is 15.6 Å². The second kappa shape index (κ2) is 7.25. The highest BCUT2D eigenvalue weighted by molar-refractivity contribution is 7.21. The molecule has 1 heterocycles. The van der Waals surface area contributed by atoms with Crippen LogP contribution in [0.25, 0.3) is 10.1 Å². The van der Waals surface area contributed by atoms with E-state index >= 15 is 0 Å². The third kappa shape index (κ3) is 3.40. The maximum absolute atomic E-state index is 14.1. The molecule has 0 saturated heterocycles. The lowest BCUT2D eigenvalue weighted by Crippen LogP contribution is -2.55. The van der Waals surface area contributed by atoms with Crippen LogP contribution in [0.3, 0.4) is 0 Å². The fourth-order valence-electron chi connectivity index (χ4n) is 2.38. The molecule has 2 rings (SSSR count). The van der Waals surface area contributed by atoms with Gasteiger partial charge in [-0.05, 0) is 19.1 Å². The number of halogens is 1. The van der Waals surface area contributed by atoms with Crippen molar-refractivity contribution in [2.24, 2.45) is 0 Å². The van der Waals surface area contributed by atoms with E-state index in [1.807, 2.05) is 0 Å². The van der Waals surface area contributed by atoms with E-state index in [-0.39, 0.29) is 18.1 Å². The van der Waals surface area contributed by atoms with Crippen LogP contribution in [-0.4, -0.2) is 43.3 Å². The van der Waals surface area contributed by atoms with Crippen molar-refractivity contribution in [2.75, 3.05) is 20.8 Å². The maximum atomic E-state index is 14.1. The van der Waals surface area contributed by atoms with E-state index in [4.69, 9.17) is 9.47 Å². The lowest BCUT2D eigenvalue weighted by molar-refractivity contribution is -0.145. The number of rotatable bonds is 7. The van der Waals surface area contributed by atoms with Gasteiger partial charge in [-0.15, -0.1) is 11.3 Å². The van der Waals surface area contributed by atoms with Gasteiger partial charge in [0.1, 0.15) is 5.82 Å². The van der Waals surface area contributed by atoms with Gasteiger partial charge in [0, 0.05) is 29.9 Å². The average Bonchev–Trinajstić information content (AvgIpc) is 2.88. The monoisotopic (exact) mass is 355 g/mol. The maximum Gasteiger partial charge on any atom is 0.331 e. The highest BCUT2D eigenvalue weighted by Crippen LogP contribution is 2.34. The number of methoxy groups -OCH3 is 2. The zero-order valence-corrected chi connectivity index (χ0v) is 14.3. The number of carbonyl (C=O) groups excluding carboxylic acids is 1. The Bertz CT molecular complexity index is 775. The van der Waals surface area contributed by atoms with E-state index in [1.54, 1.807) is 12.1 Å². The third-order valence-electron chi connectivity index (χ3n) is 3.55. The minimum Gasteiger partial charge on any atom is -0.479 e. The molecular weight excluding hydrogens is 337 g/mol. The number of carboxylic acids is 1. The number of fused-ring (bicyclic) bond motifs is 1. The van der Waals surface area contributed by atoms with E-state index in [9.17, 15) is 19.1 Å². The molecule has 1 atom stereocenters. The number of ether oxygens (including phenoxy) is 2. The van der Waals surface area contributed by atoms with Crippen LogP contribution in [0.5, 0.6) is 0 Å². The lowest BCUT2D eigenvalue weighted by atomic mass is 10.0. The first-order chi connectivity index (χ1) is 11.3. The summed E-state index contributed by atoms with van der Waals surface area (Å²) in [4.78, 5) is 24.3. The molecule has 130 valence electrons. The van der Waals surface area contributed by atoms with Crippen LogP contribution in [0.2, 0.25) is 0 Å². The smallest absolute Gasteiger partial charge is 0.331 e.